The third kappa shape index (κ3) is 4.24. The zero-order valence-corrected chi connectivity index (χ0v) is 18.8. The maximum atomic E-state index is 13.6. The first-order valence-corrected chi connectivity index (χ1v) is 11.1. The molecule has 0 atom stereocenters. The molecule has 3 aromatic rings. The van der Waals surface area contributed by atoms with Crippen molar-refractivity contribution in [1.29, 1.82) is 0 Å². The van der Waals surface area contributed by atoms with Gasteiger partial charge in [-0.3, -0.25) is 9.59 Å². The fourth-order valence-corrected chi connectivity index (χ4v) is 4.56. The fourth-order valence-electron chi connectivity index (χ4n) is 3.45. The van der Waals surface area contributed by atoms with Crippen LogP contribution in [0.25, 0.3) is 0 Å². The molecule has 156 valence electrons. The summed E-state index contributed by atoms with van der Waals surface area (Å²) in [4.78, 5) is 31.5. The molecule has 31 heavy (non-hydrogen) atoms. The lowest BCUT2D eigenvalue weighted by atomic mass is 10.2. The van der Waals surface area contributed by atoms with Gasteiger partial charge in [0.2, 0.25) is 0 Å². The van der Waals surface area contributed by atoms with Crippen molar-refractivity contribution in [1.82, 2.24) is 0 Å². The molecule has 0 aliphatic carbocycles. The predicted octanol–water partition coefficient (Wildman–Crippen LogP) is 6.05. The topological polar surface area (TPSA) is 40.6 Å². The summed E-state index contributed by atoms with van der Waals surface area (Å²) in [6.07, 6.45) is 0. The third-order valence-corrected chi connectivity index (χ3v) is 6.33. The van der Waals surface area contributed by atoms with Gasteiger partial charge in [0, 0.05) is 22.2 Å². The molecule has 0 radical (unpaired) electrons. The third-order valence-electron chi connectivity index (χ3n) is 5.00. The average molecular weight is 449 g/mol. The van der Waals surface area contributed by atoms with Crippen LogP contribution in [0.15, 0.2) is 94.4 Å². The second kappa shape index (κ2) is 9.00. The lowest BCUT2D eigenvalue weighted by molar-refractivity contribution is -0.120. The molecule has 0 fully saturated rings. The van der Waals surface area contributed by atoms with E-state index in [-0.39, 0.29) is 11.8 Å². The molecule has 0 aromatic heterocycles. The number of para-hydroxylation sites is 1. The Kier molecular flexibility index (Phi) is 6.16. The van der Waals surface area contributed by atoms with E-state index in [0.717, 1.165) is 16.1 Å². The van der Waals surface area contributed by atoms with Gasteiger partial charge in [-0.25, -0.2) is 4.90 Å². The number of carbonyl (C=O) groups is 2. The fraction of sp³-hybridized carbons (Fsp3) is 0.120. The Bertz CT molecular complexity index is 1140. The Hall–Kier alpha value is -3.02. The average Bonchev–Trinajstić information content (AvgIpc) is 3.02. The number of amides is 2. The second-order valence-electron chi connectivity index (χ2n) is 7.09. The van der Waals surface area contributed by atoms with Crippen molar-refractivity contribution in [2.75, 3.05) is 16.3 Å². The van der Waals surface area contributed by atoms with Crippen LogP contribution in [0.1, 0.15) is 12.5 Å². The van der Waals surface area contributed by atoms with E-state index >= 15 is 0 Å². The minimum Gasteiger partial charge on any atom is -0.336 e. The molecule has 4 nitrogen and oxygen atoms in total. The Morgan fingerprint density at radius 1 is 0.871 bits per heavy atom. The molecule has 0 saturated heterocycles. The van der Waals surface area contributed by atoms with Crippen LogP contribution in [0.2, 0.25) is 5.02 Å². The van der Waals surface area contributed by atoms with Crippen LogP contribution < -0.4 is 9.80 Å². The Morgan fingerprint density at radius 3 is 2.13 bits per heavy atom. The number of hydrogen-bond donors (Lipinski definition) is 0. The summed E-state index contributed by atoms with van der Waals surface area (Å²) in [6.45, 7) is 4.53. The summed E-state index contributed by atoms with van der Waals surface area (Å²) >= 11 is 7.33. The highest BCUT2D eigenvalue weighted by Gasteiger charge is 2.42. The molecule has 1 heterocycles. The molecule has 0 N–H and O–H groups in total. The van der Waals surface area contributed by atoms with Crippen molar-refractivity contribution in [2.24, 2.45) is 0 Å². The van der Waals surface area contributed by atoms with Gasteiger partial charge in [-0.1, -0.05) is 59.3 Å². The van der Waals surface area contributed by atoms with Gasteiger partial charge in [-0.2, -0.15) is 0 Å². The summed E-state index contributed by atoms with van der Waals surface area (Å²) in [5.74, 6) is -0.671. The van der Waals surface area contributed by atoms with Crippen molar-refractivity contribution in [2.45, 2.75) is 18.7 Å². The first-order valence-electron chi connectivity index (χ1n) is 9.95. The van der Waals surface area contributed by atoms with Crippen LogP contribution in [0.3, 0.4) is 0 Å². The maximum absolute atomic E-state index is 13.6. The summed E-state index contributed by atoms with van der Waals surface area (Å²) < 4.78 is 0. The lowest BCUT2D eigenvalue weighted by Gasteiger charge is -2.24. The minimum atomic E-state index is -0.340. The predicted molar refractivity (Wildman–Crippen MR) is 127 cm³/mol. The number of benzene rings is 3. The van der Waals surface area contributed by atoms with Gasteiger partial charge in [-0.05, 0) is 62.4 Å². The summed E-state index contributed by atoms with van der Waals surface area (Å²) in [5.41, 5.74) is 2.88. The lowest BCUT2D eigenvalue weighted by Crippen LogP contribution is -2.35. The summed E-state index contributed by atoms with van der Waals surface area (Å²) in [7, 11) is 0. The van der Waals surface area contributed by atoms with Gasteiger partial charge in [0.25, 0.3) is 11.8 Å². The first kappa shape index (κ1) is 21.2. The highest BCUT2D eigenvalue weighted by atomic mass is 35.5. The van der Waals surface area contributed by atoms with Crippen LogP contribution in [-0.4, -0.2) is 18.4 Å². The molecule has 3 aromatic carbocycles. The molecular weight excluding hydrogens is 428 g/mol. The Labute approximate surface area is 191 Å². The van der Waals surface area contributed by atoms with Gasteiger partial charge in [0.05, 0.1) is 5.69 Å². The van der Waals surface area contributed by atoms with Gasteiger partial charge >= 0.3 is 0 Å². The first-order chi connectivity index (χ1) is 15.0. The number of carbonyl (C=O) groups excluding carboxylic acids is 2. The highest BCUT2D eigenvalue weighted by molar-refractivity contribution is 8.04. The van der Waals surface area contributed by atoms with Crippen LogP contribution in [-0.2, 0) is 9.59 Å². The van der Waals surface area contributed by atoms with Crippen molar-refractivity contribution < 1.29 is 9.59 Å². The maximum Gasteiger partial charge on any atom is 0.283 e. The zero-order chi connectivity index (χ0) is 22.0. The van der Waals surface area contributed by atoms with Gasteiger partial charge < -0.3 is 4.90 Å². The number of imide groups is 1. The van der Waals surface area contributed by atoms with Crippen molar-refractivity contribution in [3.05, 3.63) is 100 Å². The van der Waals surface area contributed by atoms with E-state index in [1.807, 2.05) is 73.3 Å². The second-order valence-corrected chi connectivity index (χ2v) is 8.61. The van der Waals surface area contributed by atoms with E-state index in [1.165, 1.54) is 16.7 Å². The van der Waals surface area contributed by atoms with Crippen LogP contribution >= 0.6 is 23.4 Å². The SMILES string of the molecule is CCN(C1=C(Sc2ccc(C)cc2)C(=O)N(c2ccc(Cl)cc2)C1=O)c1ccccc1. The number of rotatable bonds is 6. The number of thioether (sulfide) groups is 1. The molecule has 0 unspecified atom stereocenters. The molecule has 0 bridgehead atoms. The van der Waals surface area contributed by atoms with E-state index in [0.29, 0.717) is 27.9 Å². The van der Waals surface area contributed by atoms with Crippen LogP contribution in [0.4, 0.5) is 11.4 Å². The Balaban J connectivity index is 1.81. The molecule has 1 aliphatic rings. The Morgan fingerprint density at radius 2 is 1.52 bits per heavy atom. The van der Waals surface area contributed by atoms with Gasteiger partial charge in [0.15, 0.2) is 0 Å². The number of halogens is 1. The van der Waals surface area contributed by atoms with Gasteiger partial charge in [0.1, 0.15) is 10.6 Å². The van der Waals surface area contributed by atoms with Crippen LogP contribution in [0, 0.1) is 6.92 Å². The van der Waals surface area contributed by atoms with Crippen molar-refractivity contribution in [3.63, 3.8) is 0 Å². The molecule has 6 heteroatoms. The molecular formula is C25H21ClN2O2S. The molecule has 1 aliphatic heterocycles. The molecule has 0 saturated carbocycles. The smallest absolute Gasteiger partial charge is 0.283 e. The number of hydrogen-bond acceptors (Lipinski definition) is 4. The number of likely N-dealkylation sites (N-methyl/N-ethyl adjacent to an activating group) is 1. The quantitative estimate of drug-likeness (QED) is 0.430. The van der Waals surface area contributed by atoms with Crippen molar-refractivity contribution >= 4 is 46.6 Å². The number of nitrogens with zero attached hydrogens (tertiary/aromatic N) is 2. The van der Waals surface area contributed by atoms with Crippen molar-refractivity contribution in [3.8, 4) is 0 Å². The minimum absolute atomic E-state index is 0.331. The molecule has 0 spiro atoms. The van der Waals surface area contributed by atoms with E-state index in [9.17, 15) is 9.59 Å². The zero-order valence-electron chi connectivity index (χ0n) is 17.2. The molecule has 4 rings (SSSR count). The van der Waals surface area contributed by atoms with E-state index in [2.05, 4.69) is 0 Å². The molecule has 2 amide bonds. The monoisotopic (exact) mass is 448 g/mol. The number of anilines is 2. The summed E-state index contributed by atoms with van der Waals surface area (Å²) in [5, 5.41) is 0.546. The van der Waals surface area contributed by atoms with E-state index < -0.39 is 0 Å². The largest absolute Gasteiger partial charge is 0.336 e. The van der Waals surface area contributed by atoms with Gasteiger partial charge in [-0.15, -0.1) is 0 Å². The highest BCUT2D eigenvalue weighted by Crippen LogP contribution is 2.40. The normalized spacial score (nSPS) is 13.8. The number of aryl methyl sites for hydroxylation is 1. The van der Waals surface area contributed by atoms with E-state index in [4.69, 9.17) is 11.6 Å². The summed E-state index contributed by atoms with van der Waals surface area (Å²) in [6, 6.07) is 24.3. The standard InChI is InChI=1S/C25H21ClN2O2S/c1-3-27(19-7-5-4-6-8-19)22-23(31-21-15-9-17(2)10-16-21)25(30)28(24(22)29)20-13-11-18(26)12-14-20/h4-16H,3H2,1-2H3. The van der Waals surface area contributed by atoms with Crippen LogP contribution in [0.5, 0.6) is 0 Å². The van der Waals surface area contributed by atoms with E-state index in [1.54, 1.807) is 24.3 Å².